The molecule has 0 spiro atoms. The zero-order chi connectivity index (χ0) is 15.9. The van der Waals surface area contributed by atoms with E-state index in [1.54, 1.807) is 4.57 Å². The molecule has 0 saturated heterocycles. The van der Waals surface area contributed by atoms with Crippen LogP contribution < -0.4 is 11.0 Å². The Morgan fingerprint density at radius 3 is 2.95 bits per heavy atom. The first-order valence-corrected chi connectivity index (χ1v) is 9.17. The number of carbonyl (C=O) groups is 1. The van der Waals surface area contributed by atoms with E-state index in [0.29, 0.717) is 29.4 Å². The van der Waals surface area contributed by atoms with E-state index >= 15 is 0 Å². The highest BCUT2D eigenvalue weighted by Crippen LogP contribution is 2.24. The van der Waals surface area contributed by atoms with Crippen LogP contribution in [0, 0.1) is 5.92 Å². The molecule has 6 nitrogen and oxygen atoms in total. The van der Waals surface area contributed by atoms with E-state index in [1.807, 2.05) is 0 Å². The highest BCUT2D eigenvalue weighted by atomic mass is 32.2. The number of thioether (sulfide) groups is 1. The summed E-state index contributed by atoms with van der Waals surface area (Å²) in [5, 5.41) is 10.2. The van der Waals surface area contributed by atoms with Gasteiger partial charge in [0.15, 0.2) is 5.16 Å². The van der Waals surface area contributed by atoms with Gasteiger partial charge in [0.2, 0.25) is 5.91 Å². The molecular weight excluding hydrogens is 300 g/mol. The summed E-state index contributed by atoms with van der Waals surface area (Å²) in [6.45, 7) is 4.93. The summed E-state index contributed by atoms with van der Waals surface area (Å²) in [6, 6.07) is 0.295. The first kappa shape index (κ1) is 17.1. The van der Waals surface area contributed by atoms with Crippen LogP contribution >= 0.6 is 11.8 Å². The molecule has 124 valence electrons. The molecule has 1 aromatic heterocycles. The van der Waals surface area contributed by atoms with E-state index in [0.717, 1.165) is 19.3 Å². The predicted molar refractivity (Wildman–Crippen MR) is 88.0 cm³/mol. The molecule has 1 aromatic rings. The number of H-pyrrole nitrogens is 1. The van der Waals surface area contributed by atoms with E-state index < -0.39 is 0 Å². The molecular formula is C15H26N4O2S. The monoisotopic (exact) mass is 326 g/mol. The van der Waals surface area contributed by atoms with Crippen LogP contribution in [0.15, 0.2) is 9.95 Å². The van der Waals surface area contributed by atoms with Gasteiger partial charge in [0, 0.05) is 12.6 Å². The molecule has 1 aliphatic carbocycles. The third-order valence-corrected chi connectivity index (χ3v) is 5.23. The molecule has 1 amide bonds. The average Bonchev–Trinajstić information content (AvgIpc) is 2.86. The van der Waals surface area contributed by atoms with Crippen molar-refractivity contribution >= 4 is 17.7 Å². The maximum absolute atomic E-state index is 12.1. The van der Waals surface area contributed by atoms with Crippen LogP contribution in [0.25, 0.3) is 0 Å². The van der Waals surface area contributed by atoms with Crippen LogP contribution in [-0.2, 0) is 11.3 Å². The molecule has 22 heavy (non-hydrogen) atoms. The van der Waals surface area contributed by atoms with Crippen LogP contribution in [0.1, 0.15) is 52.4 Å². The second-order valence-corrected chi connectivity index (χ2v) is 6.98. The Morgan fingerprint density at radius 2 is 2.23 bits per heavy atom. The largest absolute Gasteiger partial charge is 0.352 e. The minimum Gasteiger partial charge on any atom is -0.352 e. The number of hydrogen-bond acceptors (Lipinski definition) is 4. The first-order chi connectivity index (χ1) is 10.6. The topological polar surface area (TPSA) is 79.8 Å². The van der Waals surface area contributed by atoms with Crippen LogP contribution in [0.4, 0.5) is 0 Å². The van der Waals surface area contributed by atoms with Gasteiger partial charge in [-0.1, -0.05) is 44.9 Å². The second-order valence-electron chi connectivity index (χ2n) is 6.04. The lowest BCUT2D eigenvalue weighted by Gasteiger charge is -2.29. The van der Waals surface area contributed by atoms with E-state index in [2.05, 4.69) is 29.4 Å². The van der Waals surface area contributed by atoms with Crippen molar-refractivity contribution in [3.8, 4) is 0 Å². The lowest BCUT2D eigenvalue weighted by Crippen LogP contribution is -2.41. The van der Waals surface area contributed by atoms with Gasteiger partial charge < -0.3 is 5.32 Å². The molecule has 7 heteroatoms. The van der Waals surface area contributed by atoms with Gasteiger partial charge in [0.1, 0.15) is 0 Å². The van der Waals surface area contributed by atoms with Crippen molar-refractivity contribution in [2.45, 2.75) is 70.1 Å². The molecule has 0 aromatic carbocycles. The van der Waals surface area contributed by atoms with E-state index in [4.69, 9.17) is 0 Å². The van der Waals surface area contributed by atoms with Crippen molar-refractivity contribution in [1.82, 2.24) is 20.1 Å². The minimum atomic E-state index is -0.197. The molecule has 2 N–H and O–H groups in total. The lowest BCUT2D eigenvalue weighted by molar-refractivity contribution is -0.119. The number of amides is 1. The molecule has 2 rings (SSSR count). The fourth-order valence-corrected chi connectivity index (χ4v) is 3.62. The van der Waals surface area contributed by atoms with Gasteiger partial charge >= 0.3 is 5.69 Å². The third kappa shape index (κ3) is 4.63. The molecule has 1 fully saturated rings. The normalized spacial score (nSPS) is 21.7. The summed E-state index contributed by atoms with van der Waals surface area (Å²) < 4.78 is 1.62. The molecule has 0 radical (unpaired) electrons. The molecule has 0 aliphatic heterocycles. The summed E-state index contributed by atoms with van der Waals surface area (Å²) in [7, 11) is 0. The molecule has 0 bridgehead atoms. The van der Waals surface area contributed by atoms with Crippen molar-refractivity contribution in [3.05, 3.63) is 10.5 Å². The van der Waals surface area contributed by atoms with Gasteiger partial charge in [-0.05, 0) is 25.2 Å². The van der Waals surface area contributed by atoms with Gasteiger partial charge in [0.05, 0.1) is 5.75 Å². The molecule has 0 unspecified atom stereocenters. The molecule has 1 heterocycles. The highest BCUT2D eigenvalue weighted by molar-refractivity contribution is 7.99. The maximum atomic E-state index is 12.1. The molecule has 2 atom stereocenters. The van der Waals surface area contributed by atoms with Crippen LogP contribution in [0.5, 0.6) is 0 Å². The van der Waals surface area contributed by atoms with E-state index in [1.165, 1.54) is 31.0 Å². The van der Waals surface area contributed by atoms with Crippen molar-refractivity contribution < 1.29 is 4.79 Å². The standard InChI is InChI=1S/C15H26N4O2S/c1-3-4-9-19-14(21)17-18-15(19)22-10-13(20)16-12-8-6-5-7-11(12)2/h11-12H,3-10H2,1-2H3,(H,16,20)(H,17,21)/t11-,12-/m0/s1. The van der Waals surface area contributed by atoms with Crippen LogP contribution in [-0.4, -0.2) is 32.5 Å². The Balaban J connectivity index is 1.84. The van der Waals surface area contributed by atoms with Gasteiger partial charge in [0.25, 0.3) is 0 Å². The SMILES string of the molecule is CCCCn1c(SCC(=O)N[C@H]2CCCC[C@@H]2C)n[nH]c1=O. The van der Waals surface area contributed by atoms with Crippen LogP contribution in [0.2, 0.25) is 0 Å². The van der Waals surface area contributed by atoms with Crippen molar-refractivity contribution in [2.24, 2.45) is 5.92 Å². The Labute approximate surface area is 135 Å². The number of rotatable bonds is 7. The third-order valence-electron chi connectivity index (χ3n) is 4.25. The fourth-order valence-electron chi connectivity index (χ4n) is 2.84. The number of unbranched alkanes of at least 4 members (excludes halogenated alkanes) is 1. The molecule has 1 saturated carbocycles. The Kier molecular flexibility index (Phi) is 6.54. The van der Waals surface area contributed by atoms with Crippen molar-refractivity contribution in [2.75, 3.05) is 5.75 Å². The number of nitrogens with zero attached hydrogens (tertiary/aromatic N) is 2. The Morgan fingerprint density at radius 1 is 1.45 bits per heavy atom. The number of aromatic nitrogens is 3. The maximum Gasteiger partial charge on any atom is 0.343 e. The highest BCUT2D eigenvalue weighted by Gasteiger charge is 2.23. The van der Waals surface area contributed by atoms with Crippen LogP contribution in [0.3, 0.4) is 0 Å². The second kappa shape index (κ2) is 8.41. The molecule has 1 aliphatic rings. The summed E-state index contributed by atoms with van der Waals surface area (Å²) in [6.07, 6.45) is 6.66. The zero-order valence-electron chi connectivity index (χ0n) is 13.4. The summed E-state index contributed by atoms with van der Waals surface area (Å²) in [4.78, 5) is 23.8. The average molecular weight is 326 g/mol. The number of carbonyl (C=O) groups excluding carboxylic acids is 1. The van der Waals surface area contributed by atoms with Gasteiger partial charge in [-0.15, -0.1) is 5.10 Å². The quantitative estimate of drug-likeness (QED) is 0.753. The number of hydrogen-bond donors (Lipinski definition) is 2. The Hall–Kier alpha value is -1.24. The summed E-state index contributed by atoms with van der Waals surface area (Å²) >= 11 is 1.32. The first-order valence-electron chi connectivity index (χ1n) is 8.19. The summed E-state index contributed by atoms with van der Waals surface area (Å²) in [5.41, 5.74) is -0.197. The summed E-state index contributed by atoms with van der Waals surface area (Å²) in [5.74, 6) is 0.886. The number of nitrogens with one attached hydrogen (secondary N) is 2. The van der Waals surface area contributed by atoms with Crippen molar-refractivity contribution in [3.63, 3.8) is 0 Å². The van der Waals surface area contributed by atoms with Gasteiger partial charge in [-0.25, -0.2) is 9.89 Å². The lowest BCUT2D eigenvalue weighted by atomic mass is 9.86. The Bertz CT molecular complexity index is 540. The van der Waals surface area contributed by atoms with Gasteiger partial charge in [-0.3, -0.25) is 9.36 Å². The van der Waals surface area contributed by atoms with Crippen molar-refractivity contribution in [1.29, 1.82) is 0 Å². The minimum absolute atomic E-state index is 0.0289. The zero-order valence-corrected chi connectivity index (χ0v) is 14.2. The van der Waals surface area contributed by atoms with Gasteiger partial charge in [-0.2, -0.15) is 0 Å². The predicted octanol–water partition coefficient (Wildman–Crippen LogP) is 2.16. The fraction of sp³-hybridized carbons (Fsp3) is 0.800. The smallest absolute Gasteiger partial charge is 0.343 e. The number of aromatic amines is 1. The van der Waals surface area contributed by atoms with E-state index in [-0.39, 0.29) is 11.6 Å². The van der Waals surface area contributed by atoms with E-state index in [9.17, 15) is 9.59 Å².